The molecule has 0 saturated heterocycles. The monoisotopic (exact) mass is 971 g/mol. The van der Waals surface area contributed by atoms with Gasteiger partial charge >= 0.3 is 11.9 Å². The van der Waals surface area contributed by atoms with E-state index in [9.17, 15) is 14.7 Å². The van der Waals surface area contributed by atoms with E-state index in [0.717, 1.165) is 96.3 Å². The summed E-state index contributed by atoms with van der Waals surface area (Å²) in [4.78, 5) is 24.6. The normalized spacial score (nSPS) is 13.0. The molecule has 0 rings (SSSR count). The van der Waals surface area contributed by atoms with Gasteiger partial charge in [0.2, 0.25) is 0 Å². The minimum absolute atomic E-state index is 0.0703. The highest BCUT2D eigenvalue weighted by atomic mass is 16.6. The van der Waals surface area contributed by atoms with E-state index in [4.69, 9.17) is 9.47 Å². The summed E-state index contributed by atoms with van der Waals surface area (Å²) in [5.41, 5.74) is 0. The fourth-order valence-electron chi connectivity index (χ4n) is 8.22. The average Bonchev–Trinajstić information content (AvgIpc) is 3.36. The Hall–Kier alpha value is -3.44. The lowest BCUT2D eigenvalue weighted by Gasteiger charge is -2.15. The van der Waals surface area contributed by atoms with Crippen LogP contribution in [0.5, 0.6) is 0 Å². The van der Waals surface area contributed by atoms with Crippen molar-refractivity contribution in [2.75, 3.05) is 13.2 Å². The molecular formula is C65H110O5. The van der Waals surface area contributed by atoms with E-state index in [-0.39, 0.29) is 25.2 Å². The van der Waals surface area contributed by atoms with Gasteiger partial charge in [-0.1, -0.05) is 271 Å². The van der Waals surface area contributed by atoms with E-state index >= 15 is 0 Å². The zero-order valence-electron chi connectivity index (χ0n) is 45.7. The van der Waals surface area contributed by atoms with Crippen LogP contribution in [0, 0.1) is 0 Å². The molecule has 0 amide bonds. The first-order chi connectivity index (χ1) is 34.6. The highest BCUT2D eigenvalue weighted by molar-refractivity contribution is 5.70. The summed E-state index contributed by atoms with van der Waals surface area (Å²) < 4.78 is 10.7. The van der Waals surface area contributed by atoms with E-state index < -0.39 is 6.10 Å². The molecule has 0 aromatic rings. The molecular weight excluding hydrogens is 861 g/mol. The maximum atomic E-state index is 12.3. The molecule has 5 nitrogen and oxygen atoms in total. The van der Waals surface area contributed by atoms with Crippen molar-refractivity contribution >= 4 is 11.9 Å². The van der Waals surface area contributed by atoms with E-state index in [1.165, 1.54) is 148 Å². The van der Waals surface area contributed by atoms with Gasteiger partial charge in [-0.25, -0.2) is 0 Å². The van der Waals surface area contributed by atoms with Gasteiger partial charge in [0.25, 0.3) is 0 Å². The molecule has 0 heterocycles. The lowest BCUT2D eigenvalue weighted by Crippen LogP contribution is -2.28. The van der Waals surface area contributed by atoms with Crippen molar-refractivity contribution in [3.8, 4) is 0 Å². The second kappa shape index (κ2) is 59.9. The van der Waals surface area contributed by atoms with Crippen molar-refractivity contribution < 1.29 is 24.2 Å². The Labute approximate surface area is 433 Å². The second-order valence-corrected chi connectivity index (χ2v) is 19.3. The molecule has 70 heavy (non-hydrogen) atoms. The number of aliphatic hydroxyl groups excluding tert-OH is 1. The Kier molecular flexibility index (Phi) is 56.9. The molecule has 0 spiro atoms. The van der Waals surface area contributed by atoms with Gasteiger partial charge in [0.05, 0.1) is 6.61 Å². The molecule has 0 aliphatic carbocycles. The van der Waals surface area contributed by atoms with Gasteiger partial charge in [0.15, 0.2) is 6.10 Å². The van der Waals surface area contributed by atoms with Crippen molar-refractivity contribution in [1.29, 1.82) is 0 Å². The molecule has 1 N–H and O–H groups in total. The van der Waals surface area contributed by atoms with Crippen LogP contribution >= 0.6 is 0 Å². The van der Waals surface area contributed by atoms with E-state index in [0.29, 0.717) is 12.8 Å². The largest absolute Gasteiger partial charge is 0.462 e. The fraction of sp³-hybridized carbons (Fsp3) is 0.692. The second-order valence-electron chi connectivity index (χ2n) is 19.3. The smallest absolute Gasteiger partial charge is 0.306 e. The lowest BCUT2D eigenvalue weighted by atomic mass is 10.0. The number of carbonyl (C=O) groups is 2. The SMILES string of the molecule is CC/C=C\C/C=C\C/C=C\C/C=C\C/C=C\CCCCCCCCCCCCCC(=O)OC(CO)COC(=O)CCCCCCCCCCCCCCCCCC/C=C\C/C=C\C/C=C\C/C=C\CC. The molecule has 0 bridgehead atoms. The third-order valence-electron chi connectivity index (χ3n) is 12.6. The number of aliphatic hydroxyl groups is 1. The third-order valence-corrected chi connectivity index (χ3v) is 12.6. The topological polar surface area (TPSA) is 72.8 Å². The third kappa shape index (κ3) is 57.1. The molecule has 0 saturated carbocycles. The number of esters is 2. The maximum Gasteiger partial charge on any atom is 0.306 e. The van der Waals surface area contributed by atoms with Crippen molar-refractivity contribution in [1.82, 2.24) is 0 Å². The van der Waals surface area contributed by atoms with Gasteiger partial charge in [0.1, 0.15) is 6.61 Å². The van der Waals surface area contributed by atoms with Crippen LogP contribution in [0.1, 0.15) is 271 Å². The van der Waals surface area contributed by atoms with E-state index in [2.05, 4.69) is 123 Å². The Morgan fingerprint density at radius 1 is 0.329 bits per heavy atom. The average molecular weight is 972 g/mol. The van der Waals surface area contributed by atoms with Crippen molar-refractivity contribution in [3.05, 3.63) is 109 Å². The molecule has 1 atom stereocenters. The number of allylic oxidation sites excluding steroid dienone is 18. The summed E-state index contributed by atoms with van der Waals surface area (Å²) in [6, 6.07) is 0. The summed E-state index contributed by atoms with van der Waals surface area (Å²) in [7, 11) is 0. The number of rotatable bonds is 53. The van der Waals surface area contributed by atoms with Crippen molar-refractivity contribution in [2.45, 2.75) is 277 Å². The van der Waals surface area contributed by atoms with Gasteiger partial charge in [-0.3, -0.25) is 9.59 Å². The van der Waals surface area contributed by atoms with Crippen molar-refractivity contribution in [2.24, 2.45) is 0 Å². The van der Waals surface area contributed by atoms with Gasteiger partial charge in [0, 0.05) is 12.8 Å². The van der Waals surface area contributed by atoms with Crippen LogP contribution in [0.4, 0.5) is 0 Å². The number of hydrogen-bond donors (Lipinski definition) is 1. The first-order valence-electron chi connectivity index (χ1n) is 29.4. The Balaban J connectivity index is 3.49. The van der Waals surface area contributed by atoms with Crippen LogP contribution in [0.25, 0.3) is 0 Å². The standard InChI is InChI=1S/C65H110O5/c1-3-5-7-9-11-13-15-17-19-21-23-25-27-29-31-32-34-35-37-39-41-43-45-47-49-51-53-55-57-59-64(67)69-62-63(61-66)70-65(68)60-58-56-54-52-50-48-46-44-42-40-38-36-33-30-28-26-24-22-20-18-16-14-12-10-8-6-4-2/h5-8,11-14,17-20,23-26,30,33,63,66H,3-4,9-10,15-16,21-22,27-29,31-32,34-62H2,1-2H3/b7-5-,8-6-,13-11-,14-12-,19-17-,20-18-,25-23-,26-24-,33-30-. The van der Waals surface area contributed by atoms with Crippen LogP contribution in [0.15, 0.2) is 109 Å². The number of hydrogen-bond acceptors (Lipinski definition) is 5. The van der Waals surface area contributed by atoms with E-state index in [1.807, 2.05) is 0 Å². The number of carbonyl (C=O) groups excluding carboxylic acids is 2. The molecule has 0 aromatic carbocycles. The summed E-state index contributed by atoms with van der Waals surface area (Å²) >= 11 is 0. The Morgan fingerprint density at radius 3 is 0.857 bits per heavy atom. The highest BCUT2D eigenvalue weighted by Crippen LogP contribution is 2.16. The van der Waals surface area contributed by atoms with Crippen LogP contribution in [-0.4, -0.2) is 36.4 Å². The predicted molar refractivity (Wildman–Crippen MR) is 306 cm³/mol. The van der Waals surface area contributed by atoms with Crippen molar-refractivity contribution in [3.63, 3.8) is 0 Å². The van der Waals surface area contributed by atoms with Crippen LogP contribution < -0.4 is 0 Å². The maximum absolute atomic E-state index is 12.3. The van der Waals surface area contributed by atoms with E-state index in [1.54, 1.807) is 0 Å². The zero-order chi connectivity index (χ0) is 50.6. The molecule has 0 fully saturated rings. The summed E-state index contributed by atoms with van der Waals surface area (Å²) in [6.45, 7) is 3.93. The first kappa shape index (κ1) is 66.6. The van der Waals surface area contributed by atoms with Gasteiger partial charge in [-0.2, -0.15) is 0 Å². The highest BCUT2D eigenvalue weighted by Gasteiger charge is 2.16. The fourth-order valence-corrected chi connectivity index (χ4v) is 8.22. The molecule has 400 valence electrons. The van der Waals surface area contributed by atoms with Gasteiger partial charge < -0.3 is 14.6 Å². The molecule has 0 aliphatic rings. The zero-order valence-corrected chi connectivity index (χ0v) is 45.7. The quantitative estimate of drug-likeness (QED) is 0.0373. The van der Waals surface area contributed by atoms with Crippen LogP contribution in [-0.2, 0) is 19.1 Å². The molecule has 1 unspecified atom stereocenters. The summed E-state index contributed by atoms with van der Waals surface area (Å²) in [6.07, 6.45) is 86.4. The summed E-state index contributed by atoms with van der Waals surface area (Å²) in [5, 5.41) is 9.67. The summed E-state index contributed by atoms with van der Waals surface area (Å²) in [5.74, 6) is -0.591. The van der Waals surface area contributed by atoms with Gasteiger partial charge in [-0.05, 0) is 96.3 Å². The number of unbranched alkanes of at least 4 members (excludes halogenated alkanes) is 27. The Bertz CT molecular complexity index is 1380. The first-order valence-corrected chi connectivity index (χ1v) is 29.4. The lowest BCUT2D eigenvalue weighted by molar-refractivity contribution is -0.161. The van der Waals surface area contributed by atoms with Crippen LogP contribution in [0.2, 0.25) is 0 Å². The minimum Gasteiger partial charge on any atom is -0.462 e. The molecule has 0 radical (unpaired) electrons. The Morgan fingerprint density at radius 2 is 0.571 bits per heavy atom. The predicted octanol–water partition coefficient (Wildman–Crippen LogP) is 20.1. The number of ether oxygens (including phenoxy) is 2. The minimum atomic E-state index is -0.780. The molecule has 5 heteroatoms. The molecule has 0 aliphatic heterocycles. The molecule has 0 aromatic heterocycles. The van der Waals surface area contributed by atoms with Crippen LogP contribution in [0.3, 0.4) is 0 Å². The van der Waals surface area contributed by atoms with Gasteiger partial charge in [-0.15, -0.1) is 0 Å².